The SMILES string of the molecule is CCCOc1ccc(OCC(=O)Nc2cccc(O)c2)cc1. The highest BCUT2D eigenvalue weighted by Gasteiger charge is 2.04. The van der Waals surface area contributed by atoms with Crippen molar-refractivity contribution in [3.05, 3.63) is 48.5 Å². The normalized spacial score (nSPS) is 10.0. The minimum absolute atomic E-state index is 0.0985. The lowest BCUT2D eigenvalue weighted by molar-refractivity contribution is -0.118. The van der Waals surface area contributed by atoms with Crippen LogP contribution in [-0.4, -0.2) is 24.2 Å². The minimum Gasteiger partial charge on any atom is -0.508 e. The summed E-state index contributed by atoms with van der Waals surface area (Å²) < 4.78 is 10.9. The second-order valence-electron chi connectivity index (χ2n) is 4.71. The van der Waals surface area contributed by atoms with Crippen LogP contribution in [-0.2, 0) is 4.79 Å². The number of aromatic hydroxyl groups is 1. The first-order chi connectivity index (χ1) is 10.7. The number of phenols is 1. The maximum atomic E-state index is 11.8. The quantitative estimate of drug-likeness (QED) is 0.824. The molecule has 2 aromatic rings. The number of hydrogen-bond donors (Lipinski definition) is 2. The molecule has 0 fully saturated rings. The third kappa shape index (κ3) is 5.01. The Kier molecular flexibility index (Phi) is 5.65. The van der Waals surface area contributed by atoms with E-state index in [-0.39, 0.29) is 18.3 Å². The first-order valence-electron chi connectivity index (χ1n) is 7.12. The van der Waals surface area contributed by atoms with Gasteiger partial charge in [-0.15, -0.1) is 0 Å². The number of phenolic OH excluding ortho intramolecular Hbond substituents is 1. The van der Waals surface area contributed by atoms with E-state index in [9.17, 15) is 9.90 Å². The van der Waals surface area contributed by atoms with E-state index < -0.39 is 0 Å². The first-order valence-corrected chi connectivity index (χ1v) is 7.12. The number of benzene rings is 2. The Morgan fingerprint density at radius 3 is 2.41 bits per heavy atom. The maximum absolute atomic E-state index is 11.8. The van der Waals surface area contributed by atoms with Gasteiger partial charge in [-0.05, 0) is 42.8 Å². The molecular formula is C17H19NO4. The van der Waals surface area contributed by atoms with Gasteiger partial charge in [0.1, 0.15) is 17.2 Å². The van der Waals surface area contributed by atoms with Gasteiger partial charge in [0.15, 0.2) is 6.61 Å². The van der Waals surface area contributed by atoms with Crippen LogP contribution in [0.5, 0.6) is 17.2 Å². The molecular weight excluding hydrogens is 282 g/mol. The van der Waals surface area contributed by atoms with Crippen LogP contribution in [0.4, 0.5) is 5.69 Å². The highest BCUT2D eigenvalue weighted by molar-refractivity contribution is 5.92. The van der Waals surface area contributed by atoms with Gasteiger partial charge in [-0.1, -0.05) is 13.0 Å². The van der Waals surface area contributed by atoms with E-state index in [0.717, 1.165) is 12.2 Å². The summed E-state index contributed by atoms with van der Waals surface area (Å²) in [6.45, 7) is 2.61. The maximum Gasteiger partial charge on any atom is 0.262 e. The third-order valence-electron chi connectivity index (χ3n) is 2.80. The molecule has 0 saturated heterocycles. The van der Waals surface area contributed by atoms with Crippen LogP contribution in [0.25, 0.3) is 0 Å². The molecule has 0 unspecified atom stereocenters. The molecule has 0 aliphatic carbocycles. The van der Waals surface area contributed by atoms with E-state index in [1.54, 1.807) is 36.4 Å². The van der Waals surface area contributed by atoms with Crippen LogP contribution in [0.3, 0.4) is 0 Å². The first kappa shape index (κ1) is 15.7. The van der Waals surface area contributed by atoms with Crippen molar-refractivity contribution >= 4 is 11.6 Å². The van der Waals surface area contributed by atoms with E-state index in [1.165, 1.54) is 12.1 Å². The summed E-state index contributed by atoms with van der Waals surface area (Å²) in [5.41, 5.74) is 0.525. The molecule has 0 aliphatic rings. The molecule has 0 heterocycles. The number of ether oxygens (including phenoxy) is 2. The molecule has 1 amide bonds. The molecule has 2 rings (SSSR count). The monoisotopic (exact) mass is 301 g/mol. The van der Waals surface area contributed by atoms with Crippen LogP contribution in [0, 0.1) is 0 Å². The predicted octanol–water partition coefficient (Wildman–Crippen LogP) is 3.20. The predicted molar refractivity (Wildman–Crippen MR) is 84.5 cm³/mol. The van der Waals surface area contributed by atoms with E-state index in [0.29, 0.717) is 18.0 Å². The lowest BCUT2D eigenvalue weighted by atomic mass is 10.3. The van der Waals surface area contributed by atoms with Crippen molar-refractivity contribution < 1.29 is 19.4 Å². The molecule has 0 aromatic heterocycles. The fourth-order valence-corrected chi connectivity index (χ4v) is 1.78. The van der Waals surface area contributed by atoms with Gasteiger partial charge in [-0.3, -0.25) is 4.79 Å². The highest BCUT2D eigenvalue weighted by Crippen LogP contribution is 2.18. The van der Waals surface area contributed by atoms with Crippen LogP contribution in [0.2, 0.25) is 0 Å². The number of amides is 1. The van der Waals surface area contributed by atoms with Crippen molar-refractivity contribution in [3.8, 4) is 17.2 Å². The second kappa shape index (κ2) is 7.93. The number of hydrogen-bond acceptors (Lipinski definition) is 4. The summed E-state index contributed by atoms with van der Waals surface area (Å²) in [5.74, 6) is 1.17. The van der Waals surface area contributed by atoms with E-state index in [2.05, 4.69) is 5.32 Å². The Hall–Kier alpha value is -2.69. The molecule has 0 bridgehead atoms. The summed E-state index contributed by atoms with van der Waals surface area (Å²) in [7, 11) is 0. The number of rotatable bonds is 7. The van der Waals surface area contributed by atoms with Crippen LogP contribution in [0.15, 0.2) is 48.5 Å². The van der Waals surface area contributed by atoms with Gasteiger partial charge in [-0.2, -0.15) is 0 Å². The molecule has 0 spiro atoms. The average Bonchev–Trinajstić information content (AvgIpc) is 2.52. The number of carbonyl (C=O) groups excluding carboxylic acids is 1. The Labute approximate surface area is 129 Å². The fourth-order valence-electron chi connectivity index (χ4n) is 1.78. The van der Waals surface area contributed by atoms with Gasteiger partial charge >= 0.3 is 0 Å². The van der Waals surface area contributed by atoms with Crippen molar-refractivity contribution in [2.75, 3.05) is 18.5 Å². The van der Waals surface area contributed by atoms with E-state index in [1.807, 2.05) is 6.92 Å². The summed E-state index contributed by atoms with van der Waals surface area (Å²) in [6.07, 6.45) is 0.952. The smallest absolute Gasteiger partial charge is 0.262 e. The highest BCUT2D eigenvalue weighted by atomic mass is 16.5. The molecule has 5 heteroatoms. The summed E-state index contributed by atoms with van der Waals surface area (Å²) in [5, 5.41) is 12.0. The molecule has 0 saturated carbocycles. The van der Waals surface area contributed by atoms with Gasteiger partial charge in [0.05, 0.1) is 6.61 Å². The third-order valence-corrected chi connectivity index (χ3v) is 2.80. The Morgan fingerprint density at radius 2 is 1.77 bits per heavy atom. The number of anilines is 1. The molecule has 5 nitrogen and oxygen atoms in total. The molecule has 0 atom stereocenters. The zero-order valence-electron chi connectivity index (χ0n) is 12.4. The second-order valence-corrected chi connectivity index (χ2v) is 4.71. The van der Waals surface area contributed by atoms with Crippen molar-refractivity contribution in [2.24, 2.45) is 0 Å². The largest absolute Gasteiger partial charge is 0.508 e. The van der Waals surface area contributed by atoms with Crippen LogP contribution < -0.4 is 14.8 Å². The molecule has 2 N–H and O–H groups in total. The van der Waals surface area contributed by atoms with Crippen LogP contribution in [0.1, 0.15) is 13.3 Å². The Bertz CT molecular complexity index is 610. The Morgan fingerprint density at radius 1 is 1.09 bits per heavy atom. The zero-order chi connectivity index (χ0) is 15.8. The van der Waals surface area contributed by atoms with Crippen molar-refractivity contribution in [1.29, 1.82) is 0 Å². The summed E-state index contributed by atoms with van der Waals surface area (Å²) >= 11 is 0. The summed E-state index contributed by atoms with van der Waals surface area (Å²) in [4.78, 5) is 11.8. The molecule has 0 radical (unpaired) electrons. The topological polar surface area (TPSA) is 67.8 Å². The van der Waals surface area contributed by atoms with E-state index in [4.69, 9.17) is 9.47 Å². The fraction of sp³-hybridized carbons (Fsp3) is 0.235. The lowest BCUT2D eigenvalue weighted by Gasteiger charge is -2.09. The Balaban J connectivity index is 1.80. The molecule has 22 heavy (non-hydrogen) atoms. The molecule has 116 valence electrons. The van der Waals surface area contributed by atoms with Gasteiger partial charge < -0.3 is 19.9 Å². The minimum atomic E-state index is -0.295. The van der Waals surface area contributed by atoms with Gasteiger partial charge in [-0.25, -0.2) is 0 Å². The average molecular weight is 301 g/mol. The number of nitrogens with one attached hydrogen (secondary N) is 1. The molecule has 2 aromatic carbocycles. The van der Waals surface area contributed by atoms with Crippen molar-refractivity contribution in [2.45, 2.75) is 13.3 Å². The standard InChI is InChI=1S/C17H19NO4/c1-2-10-21-15-6-8-16(9-7-15)22-12-17(20)18-13-4-3-5-14(19)11-13/h3-9,11,19H,2,10,12H2,1H3,(H,18,20). The van der Waals surface area contributed by atoms with Crippen LogP contribution >= 0.6 is 0 Å². The van der Waals surface area contributed by atoms with Crippen molar-refractivity contribution in [3.63, 3.8) is 0 Å². The number of carbonyl (C=O) groups is 1. The summed E-state index contributed by atoms with van der Waals surface area (Å²) in [6, 6.07) is 13.5. The molecule has 0 aliphatic heterocycles. The van der Waals surface area contributed by atoms with E-state index >= 15 is 0 Å². The van der Waals surface area contributed by atoms with Gasteiger partial charge in [0.25, 0.3) is 5.91 Å². The zero-order valence-corrected chi connectivity index (χ0v) is 12.4. The van der Waals surface area contributed by atoms with Crippen molar-refractivity contribution in [1.82, 2.24) is 0 Å². The van der Waals surface area contributed by atoms with Gasteiger partial charge in [0, 0.05) is 11.8 Å². The lowest BCUT2D eigenvalue weighted by Crippen LogP contribution is -2.20. The van der Waals surface area contributed by atoms with Gasteiger partial charge in [0.2, 0.25) is 0 Å².